The second-order valence-corrected chi connectivity index (χ2v) is 5.00. The molecule has 0 aromatic heterocycles. The fourth-order valence-electron chi connectivity index (χ4n) is 2.28. The maximum absolute atomic E-state index is 14.6. The van der Waals surface area contributed by atoms with E-state index in [9.17, 15) is 4.39 Å². The van der Waals surface area contributed by atoms with Gasteiger partial charge in [-0.25, -0.2) is 4.39 Å². The molecule has 0 saturated carbocycles. The van der Waals surface area contributed by atoms with E-state index in [0.29, 0.717) is 24.3 Å². The molecule has 1 heterocycles. The summed E-state index contributed by atoms with van der Waals surface area (Å²) in [5, 5.41) is 3.92. The van der Waals surface area contributed by atoms with Gasteiger partial charge in [-0.2, -0.15) is 0 Å². The summed E-state index contributed by atoms with van der Waals surface area (Å²) in [5.41, 5.74) is -0.0642. The van der Waals surface area contributed by atoms with Crippen molar-refractivity contribution in [3.05, 3.63) is 34.9 Å². The lowest BCUT2D eigenvalue weighted by atomic mass is 9.89. The first-order valence-electron chi connectivity index (χ1n) is 5.82. The molecule has 1 aromatic carbocycles. The summed E-state index contributed by atoms with van der Waals surface area (Å²) in [4.78, 5) is 0. The first-order valence-corrected chi connectivity index (χ1v) is 6.20. The molecule has 1 N–H and O–H groups in total. The number of rotatable bonds is 2. The van der Waals surface area contributed by atoms with Crippen LogP contribution in [0.1, 0.15) is 24.8 Å². The van der Waals surface area contributed by atoms with Crippen LogP contribution in [0.15, 0.2) is 24.3 Å². The van der Waals surface area contributed by atoms with Crippen LogP contribution in [0.25, 0.3) is 0 Å². The van der Waals surface area contributed by atoms with Gasteiger partial charge in [-0.1, -0.05) is 23.7 Å². The van der Waals surface area contributed by atoms with Crippen LogP contribution in [0.2, 0.25) is 5.02 Å². The predicted molar refractivity (Wildman–Crippen MR) is 65.7 cm³/mol. The molecule has 0 radical (unpaired) electrons. The third-order valence-corrected chi connectivity index (χ3v) is 3.37. The van der Waals surface area contributed by atoms with E-state index in [1.54, 1.807) is 0 Å². The number of hydrogen-bond donors (Lipinski definition) is 1. The molecule has 1 saturated heterocycles. The lowest BCUT2D eigenvalue weighted by Crippen LogP contribution is -2.27. The van der Waals surface area contributed by atoms with Gasteiger partial charge in [0, 0.05) is 11.4 Å². The lowest BCUT2D eigenvalue weighted by molar-refractivity contribution is 0.144. The van der Waals surface area contributed by atoms with Crippen molar-refractivity contribution in [3.8, 4) is 0 Å². The summed E-state index contributed by atoms with van der Waals surface area (Å²) in [7, 11) is 0. The first kappa shape index (κ1) is 11.9. The Bertz CT molecular complexity index is 346. The molecule has 0 spiro atoms. The summed E-state index contributed by atoms with van der Waals surface area (Å²) in [5.74, 6) is 0. The van der Waals surface area contributed by atoms with Crippen molar-refractivity contribution >= 4 is 11.6 Å². The van der Waals surface area contributed by atoms with Gasteiger partial charge in [0.2, 0.25) is 0 Å². The third-order valence-electron chi connectivity index (χ3n) is 3.14. The number of hydrogen-bond acceptors (Lipinski definition) is 1. The van der Waals surface area contributed by atoms with Gasteiger partial charge >= 0.3 is 0 Å². The monoisotopic (exact) mass is 241 g/mol. The van der Waals surface area contributed by atoms with E-state index in [2.05, 4.69) is 5.32 Å². The Morgan fingerprint density at radius 2 is 2.19 bits per heavy atom. The zero-order valence-electron chi connectivity index (χ0n) is 9.31. The van der Waals surface area contributed by atoms with Crippen LogP contribution in [-0.2, 0) is 6.42 Å². The molecular formula is C13H17ClFN. The Hall–Kier alpha value is -0.600. The fraction of sp³-hybridized carbons (Fsp3) is 0.538. The van der Waals surface area contributed by atoms with Crippen LogP contribution >= 0.6 is 11.6 Å². The highest BCUT2D eigenvalue weighted by atomic mass is 35.5. The Kier molecular flexibility index (Phi) is 3.82. The van der Waals surface area contributed by atoms with Gasteiger partial charge in [-0.3, -0.25) is 0 Å². The van der Waals surface area contributed by atoms with Gasteiger partial charge in [0.25, 0.3) is 0 Å². The maximum atomic E-state index is 14.6. The number of halogens is 2. The molecule has 1 unspecified atom stereocenters. The van der Waals surface area contributed by atoms with Crippen molar-refractivity contribution in [1.82, 2.24) is 5.32 Å². The summed E-state index contributed by atoms with van der Waals surface area (Å²) in [6.07, 6.45) is 2.64. The molecule has 1 fully saturated rings. The molecule has 2 rings (SSSR count). The second-order valence-electron chi connectivity index (χ2n) is 4.56. The molecule has 0 aliphatic carbocycles. The highest BCUT2D eigenvalue weighted by Gasteiger charge is 2.30. The number of nitrogens with one attached hydrogen (secondary N) is 1. The van der Waals surface area contributed by atoms with Gasteiger partial charge in [0.1, 0.15) is 5.67 Å². The lowest BCUT2D eigenvalue weighted by Gasteiger charge is -2.23. The van der Waals surface area contributed by atoms with Gasteiger partial charge in [0.05, 0.1) is 0 Å². The van der Waals surface area contributed by atoms with E-state index in [1.807, 2.05) is 24.3 Å². The van der Waals surface area contributed by atoms with E-state index in [1.165, 1.54) is 0 Å². The van der Waals surface area contributed by atoms with Gasteiger partial charge in [0.15, 0.2) is 0 Å². The average molecular weight is 242 g/mol. The normalized spacial score (nSPS) is 26.4. The van der Waals surface area contributed by atoms with Gasteiger partial charge in [-0.15, -0.1) is 0 Å². The Morgan fingerprint density at radius 3 is 3.00 bits per heavy atom. The van der Waals surface area contributed by atoms with Crippen LogP contribution in [0.5, 0.6) is 0 Å². The van der Waals surface area contributed by atoms with E-state index in [-0.39, 0.29) is 0 Å². The summed E-state index contributed by atoms with van der Waals surface area (Å²) in [6.45, 7) is 1.71. The van der Waals surface area contributed by atoms with Crippen LogP contribution in [0, 0.1) is 0 Å². The molecule has 0 bridgehead atoms. The smallest absolute Gasteiger partial charge is 0.116 e. The molecule has 3 heteroatoms. The first-order chi connectivity index (χ1) is 7.68. The van der Waals surface area contributed by atoms with E-state index >= 15 is 0 Å². The Balaban J connectivity index is 2.06. The standard InChI is InChI=1S/C13H17ClFN/c14-12-4-1-3-11(9-12)10-13(15)5-2-7-16-8-6-13/h1,3-4,9,16H,2,5-8,10H2. The van der Waals surface area contributed by atoms with E-state index < -0.39 is 5.67 Å². The summed E-state index contributed by atoms with van der Waals surface area (Å²) < 4.78 is 14.6. The Labute approximate surface area is 101 Å². The average Bonchev–Trinajstić information content (AvgIpc) is 2.43. The van der Waals surface area contributed by atoms with Crippen LogP contribution in [-0.4, -0.2) is 18.8 Å². The third kappa shape index (κ3) is 3.19. The SMILES string of the molecule is FC1(Cc2cccc(Cl)c2)CCCNCC1. The highest BCUT2D eigenvalue weighted by Crippen LogP contribution is 2.29. The topological polar surface area (TPSA) is 12.0 Å². The Morgan fingerprint density at radius 1 is 1.31 bits per heavy atom. The minimum absolute atomic E-state index is 0.481. The molecule has 88 valence electrons. The van der Waals surface area contributed by atoms with Crippen molar-refractivity contribution < 1.29 is 4.39 Å². The fourth-order valence-corrected chi connectivity index (χ4v) is 2.50. The van der Waals surface area contributed by atoms with Crippen molar-refractivity contribution in [3.63, 3.8) is 0 Å². The van der Waals surface area contributed by atoms with E-state index in [4.69, 9.17) is 11.6 Å². The molecule has 1 aliphatic rings. The van der Waals surface area contributed by atoms with Crippen molar-refractivity contribution in [1.29, 1.82) is 0 Å². The quantitative estimate of drug-likeness (QED) is 0.837. The largest absolute Gasteiger partial charge is 0.317 e. The van der Waals surface area contributed by atoms with Crippen LogP contribution in [0.3, 0.4) is 0 Å². The molecule has 1 nitrogen and oxygen atoms in total. The zero-order valence-corrected chi connectivity index (χ0v) is 10.1. The maximum Gasteiger partial charge on any atom is 0.116 e. The molecule has 1 aliphatic heterocycles. The second kappa shape index (κ2) is 5.15. The molecule has 1 aromatic rings. The van der Waals surface area contributed by atoms with Gasteiger partial charge < -0.3 is 5.32 Å². The van der Waals surface area contributed by atoms with E-state index in [0.717, 1.165) is 25.1 Å². The number of alkyl halides is 1. The number of benzene rings is 1. The van der Waals surface area contributed by atoms with Crippen LogP contribution < -0.4 is 5.32 Å². The molecule has 16 heavy (non-hydrogen) atoms. The van der Waals surface area contributed by atoms with Crippen molar-refractivity contribution in [2.45, 2.75) is 31.4 Å². The molecular weight excluding hydrogens is 225 g/mol. The molecule has 0 amide bonds. The summed E-state index contributed by atoms with van der Waals surface area (Å²) >= 11 is 5.91. The predicted octanol–water partition coefficient (Wildman–Crippen LogP) is 3.36. The minimum Gasteiger partial charge on any atom is -0.317 e. The zero-order chi connectivity index (χ0) is 11.4. The minimum atomic E-state index is -1.06. The molecule has 1 atom stereocenters. The van der Waals surface area contributed by atoms with Crippen LogP contribution in [0.4, 0.5) is 4.39 Å². The summed E-state index contributed by atoms with van der Waals surface area (Å²) in [6, 6.07) is 7.52. The van der Waals surface area contributed by atoms with Crippen molar-refractivity contribution in [2.24, 2.45) is 0 Å². The van der Waals surface area contributed by atoms with Crippen molar-refractivity contribution in [2.75, 3.05) is 13.1 Å². The van der Waals surface area contributed by atoms with Gasteiger partial charge in [-0.05, 0) is 50.0 Å². The highest BCUT2D eigenvalue weighted by molar-refractivity contribution is 6.30.